The van der Waals surface area contributed by atoms with Gasteiger partial charge in [-0.05, 0) is 6.92 Å². The van der Waals surface area contributed by atoms with E-state index in [0.29, 0.717) is 6.61 Å². The first-order valence-corrected chi connectivity index (χ1v) is 2.83. The summed E-state index contributed by atoms with van der Waals surface area (Å²) in [6.07, 6.45) is -0.132. The number of carbonyl (C=O) groups is 1. The molecular weight excluding hydrogens is 185 g/mol. The Hall–Kier alpha value is 0.0534. The van der Waals surface area contributed by atoms with Gasteiger partial charge in [-0.1, -0.05) is 0 Å². The van der Waals surface area contributed by atoms with Crippen molar-refractivity contribution in [3.05, 3.63) is 0 Å². The predicted octanol–water partition coefficient (Wildman–Crippen LogP) is 0.582. The van der Waals surface area contributed by atoms with Crippen LogP contribution in [-0.4, -0.2) is 25.8 Å². The van der Waals surface area contributed by atoms with Crippen LogP contribution in [-0.2, 0) is 33.7 Å². The minimum atomic E-state index is -0.264. The van der Waals surface area contributed by atoms with Crippen LogP contribution < -0.4 is 0 Å². The minimum Gasteiger partial charge on any atom is -0.460 e. The smallest absolute Gasteiger partial charge is 0.302 e. The summed E-state index contributed by atoms with van der Waals surface area (Å²) < 4.78 is 9.45. The molecule has 56 valence electrons. The molecule has 0 radical (unpaired) electrons. The SMILES string of the molecule is COCC(C)OC(C)=O.[Zn]. The third-order valence-electron chi connectivity index (χ3n) is 0.769. The van der Waals surface area contributed by atoms with E-state index in [1.165, 1.54) is 6.92 Å². The molecule has 0 N–H and O–H groups in total. The molecule has 0 aromatic heterocycles. The van der Waals surface area contributed by atoms with Crippen LogP contribution in [0, 0.1) is 0 Å². The monoisotopic (exact) mass is 196 g/mol. The molecule has 4 heteroatoms. The molecule has 1 atom stereocenters. The first-order chi connectivity index (χ1) is 4.16. The van der Waals surface area contributed by atoms with E-state index >= 15 is 0 Å². The fourth-order valence-corrected chi connectivity index (χ4v) is 0.552. The number of methoxy groups -OCH3 is 1. The second-order valence-corrected chi connectivity index (χ2v) is 1.88. The Kier molecular flexibility index (Phi) is 9.10. The van der Waals surface area contributed by atoms with Gasteiger partial charge in [-0.2, -0.15) is 0 Å². The van der Waals surface area contributed by atoms with Crippen molar-refractivity contribution < 1.29 is 33.7 Å². The third kappa shape index (κ3) is 8.05. The molecule has 0 fully saturated rings. The molecule has 0 saturated carbocycles. The van der Waals surface area contributed by atoms with Gasteiger partial charge in [0.1, 0.15) is 6.10 Å². The van der Waals surface area contributed by atoms with Gasteiger partial charge in [-0.25, -0.2) is 0 Å². The van der Waals surface area contributed by atoms with Crippen LogP contribution in [0.2, 0.25) is 0 Å². The number of esters is 1. The molecule has 0 aromatic carbocycles. The molecule has 0 rings (SSSR count). The molecule has 0 saturated heterocycles. The second-order valence-electron chi connectivity index (χ2n) is 1.88. The van der Waals surface area contributed by atoms with E-state index in [2.05, 4.69) is 0 Å². The number of ether oxygens (including phenoxy) is 2. The van der Waals surface area contributed by atoms with Crippen molar-refractivity contribution in [3.8, 4) is 0 Å². The molecule has 0 bridgehead atoms. The van der Waals surface area contributed by atoms with Crippen molar-refractivity contribution in [2.45, 2.75) is 20.0 Å². The molecule has 3 nitrogen and oxygen atoms in total. The summed E-state index contributed by atoms with van der Waals surface area (Å²) in [5.74, 6) is -0.264. The molecule has 1 unspecified atom stereocenters. The largest absolute Gasteiger partial charge is 0.460 e. The van der Waals surface area contributed by atoms with Crippen molar-refractivity contribution in [1.29, 1.82) is 0 Å². The molecule has 0 heterocycles. The van der Waals surface area contributed by atoms with Crippen LogP contribution in [0.3, 0.4) is 0 Å². The molecule has 0 aliphatic carbocycles. The quantitative estimate of drug-likeness (QED) is 0.491. The molecule has 0 aliphatic heterocycles. The Balaban J connectivity index is 0. The van der Waals surface area contributed by atoms with E-state index in [1.54, 1.807) is 14.0 Å². The zero-order valence-corrected chi connectivity index (χ0v) is 9.68. The summed E-state index contributed by atoms with van der Waals surface area (Å²) >= 11 is 0. The van der Waals surface area contributed by atoms with Crippen molar-refractivity contribution in [2.24, 2.45) is 0 Å². The Morgan fingerprint density at radius 1 is 1.60 bits per heavy atom. The summed E-state index contributed by atoms with van der Waals surface area (Å²) in [6.45, 7) is 3.62. The van der Waals surface area contributed by atoms with E-state index < -0.39 is 0 Å². The Morgan fingerprint density at radius 3 is 2.40 bits per heavy atom. The maximum absolute atomic E-state index is 10.3. The van der Waals surface area contributed by atoms with Crippen LogP contribution in [0.15, 0.2) is 0 Å². The van der Waals surface area contributed by atoms with E-state index in [-0.39, 0.29) is 31.6 Å². The van der Waals surface area contributed by atoms with E-state index in [1.807, 2.05) is 0 Å². The van der Waals surface area contributed by atoms with Crippen LogP contribution in [0.1, 0.15) is 13.8 Å². The molecule has 0 amide bonds. The summed E-state index contributed by atoms with van der Waals surface area (Å²) in [5, 5.41) is 0. The predicted molar refractivity (Wildman–Crippen MR) is 33.1 cm³/mol. The zero-order valence-electron chi connectivity index (χ0n) is 6.72. The zero-order chi connectivity index (χ0) is 7.28. The van der Waals surface area contributed by atoms with Crippen LogP contribution >= 0.6 is 0 Å². The number of hydrogen-bond donors (Lipinski definition) is 0. The number of carbonyl (C=O) groups excluding carboxylic acids is 1. The maximum Gasteiger partial charge on any atom is 0.302 e. The van der Waals surface area contributed by atoms with E-state index in [0.717, 1.165) is 0 Å². The average Bonchev–Trinajstić information content (AvgIpc) is 1.63. The maximum atomic E-state index is 10.3. The summed E-state index contributed by atoms with van der Waals surface area (Å²) in [4.78, 5) is 10.3. The molecular formula is C6H12O3Zn. The van der Waals surface area contributed by atoms with Crippen molar-refractivity contribution in [1.82, 2.24) is 0 Å². The summed E-state index contributed by atoms with van der Waals surface area (Å²) in [6, 6.07) is 0. The minimum absolute atomic E-state index is 0. The van der Waals surface area contributed by atoms with Gasteiger partial charge in [0.2, 0.25) is 0 Å². The number of rotatable bonds is 3. The summed E-state index contributed by atoms with van der Waals surface area (Å²) in [5.41, 5.74) is 0. The van der Waals surface area contributed by atoms with Gasteiger partial charge in [-0.3, -0.25) is 4.79 Å². The fourth-order valence-electron chi connectivity index (χ4n) is 0.552. The fraction of sp³-hybridized carbons (Fsp3) is 0.833. The van der Waals surface area contributed by atoms with Gasteiger partial charge in [0.05, 0.1) is 6.61 Å². The third-order valence-corrected chi connectivity index (χ3v) is 0.769. The van der Waals surface area contributed by atoms with Crippen LogP contribution in [0.5, 0.6) is 0 Å². The van der Waals surface area contributed by atoms with Crippen molar-refractivity contribution >= 4 is 5.97 Å². The van der Waals surface area contributed by atoms with E-state index in [4.69, 9.17) is 9.47 Å². The average molecular weight is 198 g/mol. The van der Waals surface area contributed by atoms with E-state index in [9.17, 15) is 4.79 Å². The van der Waals surface area contributed by atoms with Gasteiger partial charge in [0.15, 0.2) is 0 Å². The molecule has 0 spiro atoms. The topological polar surface area (TPSA) is 35.5 Å². The standard InChI is InChI=1S/C6H12O3.Zn/c1-5(4-8-3)9-6(2)7;/h5H,4H2,1-3H3;. The summed E-state index contributed by atoms with van der Waals surface area (Å²) in [7, 11) is 1.57. The second kappa shape index (κ2) is 7.16. The van der Waals surface area contributed by atoms with Gasteiger partial charge in [0, 0.05) is 33.5 Å². The Bertz CT molecular complexity index is 95.0. The van der Waals surface area contributed by atoms with Gasteiger partial charge in [-0.15, -0.1) is 0 Å². The van der Waals surface area contributed by atoms with Crippen LogP contribution in [0.25, 0.3) is 0 Å². The molecule has 0 aromatic rings. The first kappa shape index (κ1) is 12.7. The van der Waals surface area contributed by atoms with Gasteiger partial charge in [0.25, 0.3) is 0 Å². The number of hydrogen-bond acceptors (Lipinski definition) is 3. The van der Waals surface area contributed by atoms with Crippen molar-refractivity contribution in [3.63, 3.8) is 0 Å². The van der Waals surface area contributed by atoms with Crippen molar-refractivity contribution in [2.75, 3.05) is 13.7 Å². The Labute approximate surface area is 73.8 Å². The molecule has 10 heavy (non-hydrogen) atoms. The normalized spacial score (nSPS) is 11.5. The first-order valence-electron chi connectivity index (χ1n) is 2.83. The van der Waals surface area contributed by atoms with Gasteiger partial charge >= 0.3 is 5.97 Å². The Morgan fingerprint density at radius 2 is 2.10 bits per heavy atom. The molecule has 0 aliphatic rings. The van der Waals surface area contributed by atoms with Crippen LogP contribution in [0.4, 0.5) is 0 Å². The van der Waals surface area contributed by atoms with Gasteiger partial charge < -0.3 is 9.47 Å².